The highest BCUT2D eigenvalue weighted by Crippen LogP contribution is 2.44. The molecule has 0 atom stereocenters. The molecule has 0 aliphatic heterocycles. The van der Waals surface area contributed by atoms with Gasteiger partial charge in [-0.25, -0.2) is 0 Å². The summed E-state index contributed by atoms with van der Waals surface area (Å²) in [6.07, 6.45) is 0. The van der Waals surface area contributed by atoms with Crippen molar-refractivity contribution in [2.75, 3.05) is 4.90 Å². The third-order valence-electron chi connectivity index (χ3n) is 9.86. The van der Waals surface area contributed by atoms with Crippen LogP contribution in [0.5, 0.6) is 0 Å². The molecule has 0 saturated carbocycles. The van der Waals surface area contributed by atoms with Crippen LogP contribution in [0.15, 0.2) is 212 Å². The minimum atomic E-state index is 1.10. The van der Waals surface area contributed by atoms with Gasteiger partial charge in [-0.05, 0) is 90.8 Å². The van der Waals surface area contributed by atoms with E-state index in [4.69, 9.17) is 0 Å². The molecular weight excluding hydrogens is 615 g/mol. The Hall–Kier alpha value is -6.70. The lowest BCUT2D eigenvalue weighted by atomic mass is 9.89. The van der Waals surface area contributed by atoms with E-state index in [9.17, 15) is 0 Å². The Morgan fingerprint density at radius 1 is 0.275 bits per heavy atom. The number of fused-ring (bicyclic) bond motifs is 2. The Morgan fingerprint density at radius 3 is 1.59 bits per heavy atom. The van der Waals surface area contributed by atoms with Crippen LogP contribution in [0.25, 0.3) is 66.1 Å². The van der Waals surface area contributed by atoms with E-state index in [1.165, 1.54) is 66.1 Å². The first-order valence-electron chi connectivity index (χ1n) is 17.5. The summed E-state index contributed by atoms with van der Waals surface area (Å²) in [6.45, 7) is 0. The average Bonchev–Trinajstić information content (AvgIpc) is 3.21. The van der Waals surface area contributed by atoms with Crippen LogP contribution in [-0.2, 0) is 0 Å². The Kier molecular flexibility index (Phi) is 7.92. The van der Waals surface area contributed by atoms with Crippen molar-refractivity contribution in [1.29, 1.82) is 0 Å². The molecule has 0 fully saturated rings. The van der Waals surface area contributed by atoms with E-state index in [0.717, 1.165) is 17.1 Å². The zero-order valence-corrected chi connectivity index (χ0v) is 28.2. The van der Waals surface area contributed by atoms with Crippen LogP contribution in [0.1, 0.15) is 0 Å². The Balaban J connectivity index is 1.23. The molecule has 0 N–H and O–H groups in total. The number of hydrogen-bond donors (Lipinski definition) is 0. The summed E-state index contributed by atoms with van der Waals surface area (Å²) < 4.78 is 0. The Bertz CT molecular complexity index is 2620. The molecule has 0 amide bonds. The molecule has 0 aliphatic carbocycles. The molecule has 51 heavy (non-hydrogen) atoms. The lowest BCUT2D eigenvalue weighted by molar-refractivity contribution is 1.28. The predicted molar refractivity (Wildman–Crippen MR) is 218 cm³/mol. The van der Waals surface area contributed by atoms with Crippen molar-refractivity contribution in [3.05, 3.63) is 212 Å². The van der Waals surface area contributed by atoms with Gasteiger partial charge in [0.05, 0.1) is 5.69 Å². The molecule has 1 heteroatoms. The quantitative estimate of drug-likeness (QED) is 0.166. The second kappa shape index (κ2) is 13.3. The van der Waals surface area contributed by atoms with E-state index in [-0.39, 0.29) is 0 Å². The van der Waals surface area contributed by atoms with E-state index in [1.54, 1.807) is 0 Å². The molecule has 9 aromatic carbocycles. The van der Waals surface area contributed by atoms with Crippen LogP contribution in [-0.4, -0.2) is 0 Å². The average molecular weight is 650 g/mol. The normalized spacial score (nSPS) is 11.1. The van der Waals surface area contributed by atoms with E-state index in [2.05, 4.69) is 217 Å². The zero-order chi connectivity index (χ0) is 34.0. The van der Waals surface area contributed by atoms with Gasteiger partial charge < -0.3 is 4.90 Å². The summed E-state index contributed by atoms with van der Waals surface area (Å²) >= 11 is 0. The van der Waals surface area contributed by atoms with Crippen LogP contribution in [0, 0.1) is 0 Å². The van der Waals surface area contributed by atoms with Gasteiger partial charge in [-0.1, -0.05) is 182 Å². The van der Waals surface area contributed by atoms with E-state index in [1.807, 2.05) is 0 Å². The lowest BCUT2D eigenvalue weighted by Gasteiger charge is -2.28. The Labute approximate surface area is 299 Å². The minimum absolute atomic E-state index is 1.10. The molecule has 0 heterocycles. The third-order valence-corrected chi connectivity index (χ3v) is 9.86. The predicted octanol–water partition coefficient (Wildman–Crippen LogP) is 14.1. The van der Waals surface area contributed by atoms with Crippen molar-refractivity contribution in [1.82, 2.24) is 0 Å². The van der Waals surface area contributed by atoms with Gasteiger partial charge in [0.2, 0.25) is 0 Å². The summed E-state index contributed by atoms with van der Waals surface area (Å²) in [7, 11) is 0. The van der Waals surface area contributed by atoms with Crippen molar-refractivity contribution in [2.45, 2.75) is 0 Å². The molecule has 0 bridgehead atoms. The van der Waals surface area contributed by atoms with Gasteiger partial charge in [0, 0.05) is 16.9 Å². The SMILES string of the molecule is c1ccc(-c2ccccc2N(c2ccc(-c3c(-c4ccccc4)ccc4ccccc34)cc2)c2cccc(-c3cccc4ccccc34)c2)cc1. The number of nitrogens with zero attached hydrogens (tertiary/aromatic N) is 1. The molecule has 240 valence electrons. The maximum absolute atomic E-state index is 2.40. The van der Waals surface area contributed by atoms with Gasteiger partial charge >= 0.3 is 0 Å². The molecule has 9 rings (SSSR count). The first-order chi connectivity index (χ1) is 25.3. The number of rotatable bonds is 7. The van der Waals surface area contributed by atoms with Crippen molar-refractivity contribution in [3.8, 4) is 44.5 Å². The van der Waals surface area contributed by atoms with Gasteiger partial charge in [0.1, 0.15) is 0 Å². The van der Waals surface area contributed by atoms with Crippen LogP contribution in [0.4, 0.5) is 17.1 Å². The standard InChI is InChI=1S/C50H35N/c1-3-15-37(16-4-1)46-25-11-12-28-49(46)51(43-23-13-22-41(35-43)45-27-14-21-36-19-7-9-24-44(36)45)42-32-29-40(30-33-42)50-47-26-10-8-20-39(47)31-34-48(50)38-17-5-2-6-18-38/h1-35H. The Morgan fingerprint density at radius 2 is 0.824 bits per heavy atom. The molecule has 9 aromatic rings. The fraction of sp³-hybridized carbons (Fsp3) is 0. The largest absolute Gasteiger partial charge is 0.310 e. The van der Waals surface area contributed by atoms with Crippen molar-refractivity contribution >= 4 is 38.6 Å². The summed E-state index contributed by atoms with van der Waals surface area (Å²) in [6, 6.07) is 76.6. The van der Waals surface area contributed by atoms with Crippen molar-refractivity contribution in [3.63, 3.8) is 0 Å². The molecular formula is C50H35N. The zero-order valence-electron chi connectivity index (χ0n) is 28.2. The van der Waals surface area contributed by atoms with Gasteiger partial charge in [-0.3, -0.25) is 0 Å². The maximum atomic E-state index is 2.40. The number of anilines is 3. The van der Waals surface area contributed by atoms with E-state index >= 15 is 0 Å². The fourth-order valence-corrected chi connectivity index (χ4v) is 7.47. The second-order valence-electron chi connectivity index (χ2n) is 12.9. The first-order valence-corrected chi connectivity index (χ1v) is 17.5. The number of benzene rings is 9. The van der Waals surface area contributed by atoms with Gasteiger partial charge in [-0.2, -0.15) is 0 Å². The third kappa shape index (κ3) is 5.75. The van der Waals surface area contributed by atoms with Gasteiger partial charge in [0.25, 0.3) is 0 Å². The minimum Gasteiger partial charge on any atom is -0.310 e. The van der Waals surface area contributed by atoms with Crippen LogP contribution in [0.3, 0.4) is 0 Å². The highest BCUT2D eigenvalue weighted by atomic mass is 15.1. The molecule has 0 saturated heterocycles. The van der Waals surface area contributed by atoms with Crippen LogP contribution in [0.2, 0.25) is 0 Å². The fourth-order valence-electron chi connectivity index (χ4n) is 7.47. The van der Waals surface area contributed by atoms with Crippen molar-refractivity contribution < 1.29 is 0 Å². The molecule has 0 aromatic heterocycles. The first kappa shape index (κ1) is 30.4. The molecule has 1 nitrogen and oxygen atoms in total. The number of para-hydroxylation sites is 1. The second-order valence-corrected chi connectivity index (χ2v) is 12.9. The van der Waals surface area contributed by atoms with Gasteiger partial charge in [0.15, 0.2) is 0 Å². The van der Waals surface area contributed by atoms with Gasteiger partial charge in [-0.15, -0.1) is 0 Å². The molecule has 0 unspecified atom stereocenters. The summed E-state index contributed by atoms with van der Waals surface area (Å²) in [5, 5.41) is 4.98. The monoisotopic (exact) mass is 649 g/mol. The molecule has 0 spiro atoms. The topological polar surface area (TPSA) is 3.24 Å². The summed E-state index contributed by atoms with van der Waals surface area (Å²) in [5.41, 5.74) is 13.0. The summed E-state index contributed by atoms with van der Waals surface area (Å²) in [4.78, 5) is 2.40. The summed E-state index contributed by atoms with van der Waals surface area (Å²) in [5.74, 6) is 0. The highest BCUT2D eigenvalue weighted by Gasteiger charge is 2.19. The lowest BCUT2D eigenvalue weighted by Crippen LogP contribution is -2.11. The van der Waals surface area contributed by atoms with E-state index < -0.39 is 0 Å². The molecule has 0 radical (unpaired) electrons. The van der Waals surface area contributed by atoms with Crippen molar-refractivity contribution in [2.24, 2.45) is 0 Å². The van der Waals surface area contributed by atoms with E-state index in [0.29, 0.717) is 0 Å². The molecule has 0 aliphatic rings. The van der Waals surface area contributed by atoms with Crippen LogP contribution >= 0.6 is 0 Å². The smallest absolute Gasteiger partial charge is 0.0540 e. The van der Waals surface area contributed by atoms with Crippen LogP contribution < -0.4 is 4.90 Å². The highest BCUT2D eigenvalue weighted by molar-refractivity contribution is 6.04. The number of hydrogen-bond acceptors (Lipinski definition) is 1. The maximum Gasteiger partial charge on any atom is 0.0540 e.